The number of sulfonamides is 1. The molecule has 0 radical (unpaired) electrons. The van der Waals surface area contributed by atoms with Crippen LogP contribution in [0.25, 0.3) is 0 Å². The number of rotatable bonds is 8. The molecule has 0 aromatic rings. The maximum Gasteiger partial charge on any atom is 0.421 e. The van der Waals surface area contributed by atoms with Crippen molar-refractivity contribution in [3.8, 4) is 0 Å². The van der Waals surface area contributed by atoms with Crippen molar-refractivity contribution < 1.29 is 43.7 Å². The van der Waals surface area contributed by atoms with Gasteiger partial charge in [0.15, 0.2) is 0 Å². The summed E-state index contributed by atoms with van der Waals surface area (Å²) in [4.78, 5) is 0. The van der Waals surface area contributed by atoms with Gasteiger partial charge in [-0.15, -0.1) is 0 Å². The van der Waals surface area contributed by atoms with Crippen molar-refractivity contribution in [3.05, 3.63) is 0 Å². The zero-order chi connectivity index (χ0) is 20.3. The van der Waals surface area contributed by atoms with Crippen LogP contribution in [0.5, 0.6) is 0 Å². The molecule has 4 saturated carbocycles. The fourth-order valence-corrected chi connectivity index (χ4v) is 7.62. The number of aliphatic hydroxyl groups is 1. The first-order chi connectivity index (χ1) is 12.3. The highest BCUT2D eigenvalue weighted by molar-refractivity contribution is 8.03. The Morgan fingerprint density at radius 3 is 1.85 bits per heavy atom. The van der Waals surface area contributed by atoms with E-state index in [4.69, 9.17) is 9.29 Å². The fraction of sp³-hybridized carbons (Fsp3) is 1.00. The summed E-state index contributed by atoms with van der Waals surface area (Å²) in [7, 11) is -11.6. The molecule has 0 aliphatic heterocycles. The Kier molecular flexibility index (Phi) is 5.33. The molecule has 0 amide bonds. The van der Waals surface area contributed by atoms with Gasteiger partial charge in [0.2, 0.25) is 0 Å². The minimum Gasteiger partial charge on any atom is -0.396 e. The normalized spacial score (nSPS) is 34.2. The average molecular weight is 439 g/mol. The van der Waals surface area contributed by atoms with Crippen LogP contribution >= 0.6 is 0 Å². The van der Waals surface area contributed by atoms with Crippen molar-refractivity contribution in [2.75, 3.05) is 6.61 Å². The zero-order valence-corrected chi connectivity index (χ0v) is 15.8. The lowest BCUT2D eigenvalue weighted by Gasteiger charge is -2.53. The van der Waals surface area contributed by atoms with Crippen LogP contribution in [0.3, 0.4) is 0 Å². The Hall–Kier alpha value is -0.500. The van der Waals surface area contributed by atoms with Crippen LogP contribution in [0, 0.1) is 23.7 Å². The fourth-order valence-electron chi connectivity index (χ4n) is 4.87. The van der Waals surface area contributed by atoms with Gasteiger partial charge in [0.05, 0.1) is 6.10 Å². The molecule has 0 aromatic carbocycles. The lowest BCUT2D eigenvalue weighted by molar-refractivity contribution is -0.165. The van der Waals surface area contributed by atoms with Gasteiger partial charge in [0, 0.05) is 13.0 Å². The smallest absolute Gasteiger partial charge is 0.396 e. The molecular weight excluding hydrogens is 418 g/mol. The van der Waals surface area contributed by atoms with E-state index in [1.807, 2.05) is 0 Å². The Labute approximate surface area is 154 Å². The van der Waals surface area contributed by atoms with E-state index < -0.39 is 50.6 Å². The summed E-state index contributed by atoms with van der Waals surface area (Å²) >= 11 is 0. The highest BCUT2D eigenvalue weighted by Gasteiger charge is 2.66. The van der Waals surface area contributed by atoms with Crippen molar-refractivity contribution in [2.45, 2.75) is 55.8 Å². The SMILES string of the molecule is O=S(=O)(NS(=O)(=O)C(F)(F)C(F)(F)CCO)OC1C2CC3CC(C2)CC1C3. The number of hydrogen-bond acceptors (Lipinski definition) is 6. The maximum absolute atomic E-state index is 13.7. The molecule has 7 nitrogen and oxygen atoms in total. The van der Waals surface area contributed by atoms with Gasteiger partial charge in [0.1, 0.15) is 0 Å². The second-order valence-electron chi connectivity index (χ2n) is 7.73. The quantitative estimate of drug-likeness (QED) is 0.556. The standard InChI is InChI=1S/C14H21F4NO6S2/c15-13(16,1-2-20)14(17,18)26(21,22)19-27(23,24)25-12-10-4-8-3-9(6-10)7-11(12)5-8/h8-12,19-20H,1-7H2. The van der Waals surface area contributed by atoms with Crippen molar-refractivity contribution in [1.29, 1.82) is 0 Å². The molecule has 0 heterocycles. The molecule has 4 fully saturated rings. The van der Waals surface area contributed by atoms with E-state index >= 15 is 0 Å². The first kappa shape index (κ1) is 21.2. The number of nitrogens with one attached hydrogen (secondary N) is 1. The van der Waals surface area contributed by atoms with Gasteiger partial charge in [-0.05, 0) is 55.8 Å². The number of alkyl halides is 4. The van der Waals surface area contributed by atoms with Gasteiger partial charge < -0.3 is 5.11 Å². The monoisotopic (exact) mass is 439 g/mol. The molecule has 0 unspecified atom stereocenters. The molecule has 0 spiro atoms. The largest absolute Gasteiger partial charge is 0.421 e. The molecule has 0 saturated heterocycles. The summed E-state index contributed by atoms with van der Waals surface area (Å²) < 4.78 is 107. The Bertz CT molecular complexity index is 757. The van der Waals surface area contributed by atoms with E-state index in [1.165, 1.54) is 0 Å². The van der Waals surface area contributed by atoms with Gasteiger partial charge in [-0.3, -0.25) is 4.18 Å². The topological polar surface area (TPSA) is 110 Å². The average Bonchev–Trinajstić information content (AvgIpc) is 2.48. The van der Waals surface area contributed by atoms with Crippen molar-refractivity contribution in [3.63, 3.8) is 0 Å². The first-order valence-corrected chi connectivity index (χ1v) is 11.5. The van der Waals surface area contributed by atoms with Crippen LogP contribution in [-0.2, 0) is 24.5 Å². The van der Waals surface area contributed by atoms with Crippen molar-refractivity contribution >= 4 is 20.3 Å². The molecule has 13 heteroatoms. The minimum atomic E-state index is -6.33. The number of halogens is 4. The highest BCUT2D eigenvalue weighted by atomic mass is 32.3. The first-order valence-electron chi connectivity index (χ1n) is 8.61. The van der Waals surface area contributed by atoms with E-state index in [0.717, 1.165) is 6.42 Å². The van der Waals surface area contributed by atoms with E-state index in [-0.39, 0.29) is 11.8 Å². The van der Waals surface area contributed by atoms with Crippen LogP contribution in [0.2, 0.25) is 0 Å². The second-order valence-corrected chi connectivity index (χ2v) is 11.0. The second kappa shape index (κ2) is 6.78. The molecule has 4 rings (SSSR count). The summed E-state index contributed by atoms with van der Waals surface area (Å²) in [6.45, 7) is -1.41. The highest BCUT2D eigenvalue weighted by Crippen LogP contribution is 2.55. The van der Waals surface area contributed by atoms with Crippen LogP contribution in [0.4, 0.5) is 17.6 Å². The summed E-state index contributed by atoms with van der Waals surface area (Å²) in [6, 6.07) is 0. The van der Waals surface area contributed by atoms with Gasteiger partial charge in [-0.2, -0.15) is 26.0 Å². The van der Waals surface area contributed by atoms with E-state index in [0.29, 0.717) is 41.6 Å². The summed E-state index contributed by atoms with van der Waals surface area (Å²) in [5, 5.41) is 2.68. The van der Waals surface area contributed by atoms with Gasteiger partial charge >= 0.3 is 21.5 Å². The zero-order valence-electron chi connectivity index (χ0n) is 14.2. The van der Waals surface area contributed by atoms with Gasteiger partial charge in [-0.1, -0.05) is 4.13 Å². The predicted octanol–water partition coefficient (Wildman–Crippen LogP) is 1.60. The lowest BCUT2D eigenvalue weighted by Crippen LogP contribution is -2.55. The van der Waals surface area contributed by atoms with Crippen molar-refractivity contribution in [2.24, 2.45) is 23.7 Å². The van der Waals surface area contributed by atoms with E-state index in [1.54, 1.807) is 0 Å². The van der Waals surface area contributed by atoms with E-state index in [2.05, 4.69) is 0 Å². The van der Waals surface area contributed by atoms with Crippen LogP contribution in [0.1, 0.15) is 38.5 Å². The Balaban J connectivity index is 1.74. The van der Waals surface area contributed by atoms with Gasteiger partial charge in [-0.25, -0.2) is 8.42 Å². The Morgan fingerprint density at radius 1 is 0.926 bits per heavy atom. The molecule has 4 bridgehead atoms. The number of aliphatic hydroxyl groups excluding tert-OH is 1. The Morgan fingerprint density at radius 2 is 1.41 bits per heavy atom. The molecule has 158 valence electrons. The molecule has 2 N–H and O–H groups in total. The number of hydrogen-bond donors (Lipinski definition) is 2. The summed E-state index contributed by atoms with van der Waals surface area (Å²) in [5.41, 5.74) is 0. The van der Waals surface area contributed by atoms with E-state index in [9.17, 15) is 34.4 Å². The summed E-state index contributed by atoms with van der Waals surface area (Å²) in [5.74, 6) is -4.51. The predicted molar refractivity (Wildman–Crippen MR) is 84.5 cm³/mol. The third-order valence-corrected chi connectivity index (χ3v) is 8.92. The molecule has 27 heavy (non-hydrogen) atoms. The maximum atomic E-state index is 13.7. The molecule has 0 aromatic heterocycles. The molecule has 0 atom stereocenters. The minimum absolute atomic E-state index is 0.128. The third-order valence-electron chi connectivity index (χ3n) is 5.78. The summed E-state index contributed by atoms with van der Waals surface area (Å²) in [6.07, 6.45) is 1.21. The third kappa shape index (κ3) is 3.85. The van der Waals surface area contributed by atoms with Crippen molar-refractivity contribution in [1.82, 2.24) is 4.13 Å². The van der Waals surface area contributed by atoms with Crippen LogP contribution < -0.4 is 4.13 Å². The molecule has 4 aliphatic carbocycles. The van der Waals surface area contributed by atoms with Gasteiger partial charge in [0.25, 0.3) is 10.0 Å². The molecule has 4 aliphatic rings. The van der Waals surface area contributed by atoms with Crippen LogP contribution in [0.15, 0.2) is 0 Å². The molecular formula is C14H21F4NO6S2. The van der Waals surface area contributed by atoms with Crippen LogP contribution in [-0.4, -0.2) is 45.8 Å². The lowest BCUT2D eigenvalue weighted by atomic mass is 9.55.